The Hall–Kier alpha value is -2.79. The predicted molar refractivity (Wildman–Crippen MR) is 108 cm³/mol. The molecule has 1 heterocycles. The fraction of sp³-hybridized carbons (Fsp3) is 0.348. The maximum absolute atomic E-state index is 12.0. The summed E-state index contributed by atoms with van der Waals surface area (Å²) in [5.74, 6) is 1.05. The third-order valence-electron chi connectivity index (χ3n) is 4.84. The monoisotopic (exact) mass is 382 g/mol. The van der Waals surface area contributed by atoms with Gasteiger partial charge in [0.25, 0.3) is 0 Å². The van der Waals surface area contributed by atoms with Crippen LogP contribution in [0.2, 0.25) is 0 Å². The van der Waals surface area contributed by atoms with Gasteiger partial charge in [-0.3, -0.25) is 4.79 Å². The number of aliphatic hydroxyl groups excluding tert-OH is 1. The van der Waals surface area contributed by atoms with Gasteiger partial charge in [-0.2, -0.15) is 0 Å². The van der Waals surface area contributed by atoms with Crippen molar-refractivity contribution in [1.82, 2.24) is 0 Å². The summed E-state index contributed by atoms with van der Waals surface area (Å²) in [6, 6.07) is 17.4. The molecule has 0 spiro atoms. The number of aliphatic hydroxyl groups is 1. The summed E-state index contributed by atoms with van der Waals surface area (Å²) >= 11 is 0. The first kappa shape index (κ1) is 20.0. The van der Waals surface area contributed by atoms with Gasteiger partial charge < -0.3 is 19.0 Å². The highest BCUT2D eigenvalue weighted by Crippen LogP contribution is 2.30. The predicted octanol–water partition coefficient (Wildman–Crippen LogP) is 4.82. The van der Waals surface area contributed by atoms with Gasteiger partial charge in [0.2, 0.25) is 0 Å². The average molecular weight is 382 g/mol. The molecule has 0 aliphatic carbocycles. The zero-order chi connectivity index (χ0) is 20.1. The Labute approximate surface area is 164 Å². The van der Waals surface area contributed by atoms with Crippen molar-refractivity contribution in [2.75, 3.05) is 13.2 Å². The van der Waals surface area contributed by atoms with Crippen LogP contribution in [0.1, 0.15) is 27.2 Å². The van der Waals surface area contributed by atoms with Crippen LogP contribution in [0.4, 0.5) is 0 Å². The van der Waals surface area contributed by atoms with Crippen molar-refractivity contribution in [2.45, 2.75) is 33.3 Å². The number of fused-ring (bicyclic) bond motifs is 1. The van der Waals surface area contributed by atoms with Crippen molar-refractivity contribution in [3.05, 3.63) is 54.6 Å². The molecule has 0 aliphatic rings. The number of esters is 1. The van der Waals surface area contributed by atoms with Crippen LogP contribution in [0.3, 0.4) is 0 Å². The number of benzene rings is 2. The molecule has 1 atom stereocenters. The molecule has 3 aromatic rings. The highest BCUT2D eigenvalue weighted by Gasteiger charge is 2.27. The Bertz CT molecular complexity index is 927. The quantitative estimate of drug-likeness (QED) is 0.566. The molecule has 5 nitrogen and oxygen atoms in total. The van der Waals surface area contributed by atoms with Crippen molar-refractivity contribution in [2.24, 2.45) is 5.41 Å². The molecule has 0 aliphatic heterocycles. The second-order valence-electron chi connectivity index (χ2n) is 7.48. The maximum Gasteiger partial charge on any atom is 0.311 e. The zero-order valence-corrected chi connectivity index (χ0v) is 16.5. The third kappa shape index (κ3) is 4.73. The van der Waals surface area contributed by atoms with E-state index in [1.54, 1.807) is 6.07 Å². The number of hydrogen-bond donors (Lipinski definition) is 1. The molecule has 1 aromatic heterocycles. The van der Waals surface area contributed by atoms with Crippen LogP contribution in [0.15, 0.2) is 59.0 Å². The summed E-state index contributed by atoms with van der Waals surface area (Å²) in [6.45, 7) is 5.50. The Kier molecular flexibility index (Phi) is 6.05. The molecule has 5 heteroatoms. The molecule has 1 unspecified atom stereocenters. The van der Waals surface area contributed by atoms with Crippen LogP contribution in [-0.4, -0.2) is 30.4 Å². The van der Waals surface area contributed by atoms with Crippen LogP contribution in [0.25, 0.3) is 22.3 Å². The fourth-order valence-electron chi connectivity index (χ4n) is 2.60. The van der Waals surface area contributed by atoms with E-state index in [1.807, 2.05) is 69.3 Å². The van der Waals surface area contributed by atoms with Crippen LogP contribution in [0, 0.1) is 5.41 Å². The fourth-order valence-corrected chi connectivity index (χ4v) is 2.60. The van der Waals surface area contributed by atoms with E-state index < -0.39 is 11.5 Å². The van der Waals surface area contributed by atoms with Gasteiger partial charge in [0.1, 0.15) is 36.4 Å². The third-order valence-corrected chi connectivity index (χ3v) is 4.84. The zero-order valence-electron chi connectivity index (χ0n) is 16.5. The number of hydrogen-bond acceptors (Lipinski definition) is 5. The topological polar surface area (TPSA) is 68.9 Å². The van der Waals surface area contributed by atoms with Gasteiger partial charge in [0.05, 0.1) is 5.41 Å². The van der Waals surface area contributed by atoms with Gasteiger partial charge in [-0.15, -0.1) is 0 Å². The summed E-state index contributed by atoms with van der Waals surface area (Å²) < 4.78 is 16.7. The lowest BCUT2D eigenvalue weighted by Crippen LogP contribution is -2.31. The average Bonchev–Trinajstić information content (AvgIpc) is 3.14. The molecule has 0 fully saturated rings. The van der Waals surface area contributed by atoms with Gasteiger partial charge in [-0.1, -0.05) is 37.3 Å². The highest BCUT2D eigenvalue weighted by molar-refractivity contribution is 5.84. The van der Waals surface area contributed by atoms with Crippen LogP contribution in [0.5, 0.6) is 5.75 Å². The molecule has 1 N–H and O–H groups in total. The first-order valence-corrected chi connectivity index (χ1v) is 9.46. The lowest BCUT2D eigenvalue weighted by molar-refractivity contribution is -0.157. The normalized spacial score (nSPS) is 12.7. The molecule has 3 rings (SSSR count). The van der Waals surface area contributed by atoms with E-state index >= 15 is 0 Å². The van der Waals surface area contributed by atoms with E-state index in [4.69, 9.17) is 13.9 Å². The van der Waals surface area contributed by atoms with Gasteiger partial charge in [0.15, 0.2) is 0 Å². The molecule has 28 heavy (non-hydrogen) atoms. The van der Waals surface area contributed by atoms with Crippen LogP contribution in [-0.2, 0) is 9.53 Å². The van der Waals surface area contributed by atoms with Crippen molar-refractivity contribution in [1.29, 1.82) is 0 Å². The lowest BCUT2D eigenvalue weighted by atomic mass is 9.91. The largest absolute Gasteiger partial charge is 0.491 e. The second kappa shape index (κ2) is 8.48. The van der Waals surface area contributed by atoms with Crippen LogP contribution < -0.4 is 4.74 Å². The number of carbonyl (C=O) groups excluding carboxylic acids is 1. The van der Waals surface area contributed by atoms with Crippen molar-refractivity contribution in [3.63, 3.8) is 0 Å². The molecule has 0 amide bonds. The van der Waals surface area contributed by atoms with E-state index in [-0.39, 0.29) is 19.2 Å². The standard InChI is InChI=1S/C23H26O5/c1-4-23(2,3)22(25)27-15-18(24)14-26-19-11-10-17-12-20(28-21(17)13-19)16-8-6-5-7-9-16/h5-13,18,24H,4,14-15H2,1-3H3. The van der Waals surface area contributed by atoms with Crippen LogP contribution >= 0.6 is 0 Å². The Balaban J connectivity index is 1.58. The number of furan rings is 1. The van der Waals surface area contributed by atoms with Gasteiger partial charge in [0, 0.05) is 17.0 Å². The minimum absolute atomic E-state index is 0.0254. The van der Waals surface area contributed by atoms with Gasteiger partial charge in [-0.05, 0) is 38.5 Å². The number of carbonyl (C=O) groups is 1. The summed E-state index contributed by atoms with van der Waals surface area (Å²) in [4.78, 5) is 12.0. The summed E-state index contributed by atoms with van der Waals surface area (Å²) in [7, 11) is 0. The van der Waals surface area contributed by atoms with Crippen molar-refractivity contribution in [3.8, 4) is 17.1 Å². The van der Waals surface area contributed by atoms with Gasteiger partial charge in [-0.25, -0.2) is 0 Å². The molecule has 0 bridgehead atoms. The molecular weight excluding hydrogens is 356 g/mol. The maximum atomic E-state index is 12.0. The summed E-state index contributed by atoms with van der Waals surface area (Å²) in [5, 5.41) is 11.0. The van der Waals surface area contributed by atoms with Gasteiger partial charge >= 0.3 is 5.97 Å². The number of ether oxygens (including phenoxy) is 2. The Morgan fingerprint density at radius 1 is 1.11 bits per heavy atom. The van der Waals surface area contributed by atoms with E-state index in [9.17, 15) is 9.90 Å². The van der Waals surface area contributed by atoms with E-state index in [1.165, 1.54) is 0 Å². The first-order chi connectivity index (χ1) is 13.4. The Morgan fingerprint density at radius 2 is 1.86 bits per heavy atom. The lowest BCUT2D eigenvalue weighted by Gasteiger charge is -2.21. The molecule has 2 aromatic carbocycles. The molecule has 0 saturated heterocycles. The van der Waals surface area contributed by atoms with Crippen molar-refractivity contribution >= 4 is 16.9 Å². The smallest absolute Gasteiger partial charge is 0.311 e. The molecule has 0 saturated carbocycles. The highest BCUT2D eigenvalue weighted by atomic mass is 16.5. The molecule has 0 radical (unpaired) electrons. The second-order valence-corrected chi connectivity index (χ2v) is 7.48. The summed E-state index contributed by atoms with van der Waals surface area (Å²) in [5.41, 5.74) is 1.16. The minimum atomic E-state index is -0.899. The SMILES string of the molecule is CCC(C)(C)C(=O)OCC(O)COc1ccc2cc(-c3ccccc3)oc2c1. The van der Waals surface area contributed by atoms with E-state index in [0.29, 0.717) is 17.8 Å². The molecule has 148 valence electrons. The van der Waals surface area contributed by atoms with E-state index in [2.05, 4.69) is 0 Å². The first-order valence-electron chi connectivity index (χ1n) is 9.46. The minimum Gasteiger partial charge on any atom is -0.491 e. The van der Waals surface area contributed by atoms with Crippen molar-refractivity contribution < 1.29 is 23.8 Å². The Morgan fingerprint density at radius 3 is 2.57 bits per heavy atom. The number of rotatable bonds is 8. The summed E-state index contributed by atoms with van der Waals surface area (Å²) in [6.07, 6.45) is -0.226. The molecular formula is C23H26O5. The van der Waals surface area contributed by atoms with E-state index in [0.717, 1.165) is 16.7 Å².